The molecule has 1 aromatic carbocycles. The lowest BCUT2D eigenvalue weighted by Gasteiger charge is -2.19. The van der Waals surface area contributed by atoms with Gasteiger partial charge in [0.1, 0.15) is 5.82 Å². The molecule has 2 N–H and O–H groups in total. The Morgan fingerprint density at radius 3 is 2.47 bits per heavy atom. The number of hydrogen-bond donors (Lipinski definition) is 1. The maximum Gasteiger partial charge on any atom is 0.416 e. The SMILES string of the molecule is CC(c1ccccc1C(F)(F)F)n1ncc(I)c1N. The van der Waals surface area contributed by atoms with Gasteiger partial charge in [-0.2, -0.15) is 18.3 Å². The molecule has 102 valence electrons. The minimum absolute atomic E-state index is 0.154. The van der Waals surface area contributed by atoms with Gasteiger partial charge in [-0.15, -0.1) is 0 Å². The zero-order valence-electron chi connectivity index (χ0n) is 9.95. The molecule has 0 aliphatic carbocycles. The maximum absolute atomic E-state index is 13.0. The zero-order valence-corrected chi connectivity index (χ0v) is 12.1. The van der Waals surface area contributed by atoms with Crippen molar-refractivity contribution in [1.82, 2.24) is 9.78 Å². The molecule has 2 rings (SSSR count). The summed E-state index contributed by atoms with van der Waals surface area (Å²) in [6.07, 6.45) is -2.86. The minimum atomic E-state index is -4.39. The van der Waals surface area contributed by atoms with Crippen molar-refractivity contribution in [3.8, 4) is 0 Å². The van der Waals surface area contributed by atoms with Gasteiger partial charge in [-0.1, -0.05) is 18.2 Å². The first-order valence-corrected chi connectivity index (χ1v) is 6.55. The van der Waals surface area contributed by atoms with Crippen molar-refractivity contribution in [2.75, 3.05) is 5.73 Å². The van der Waals surface area contributed by atoms with Crippen LogP contribution in [0, 0.1) is 3.57 Å². The number of hydrogen-bond acceptors (Lipinski definition) is 2. The van der Waals surface area contributed by atoms with E-state index in [-0.39, 0.29) is 5.56 Å². The van der Waals surface area contributed by atoms with Crippen molar-refractivity contribution in [2.24, 2.45) is 0 Å². The van der Waals surface area contributed by atoms with Crippen molar-refractivity contribution < 1.29 is 13.2 Å². The number of nitrogens with zero attached hydrogens (tertiary/aromatic N) is 2. The largest absolute Gasteiger partial charge is 0.416 e. The van der Waals surface area contributed by atoms with Crippen LogP contribution >= 0.6 is 22.6 Å². The molecule has 0 saturated heterocycles. The zero-order chi connectivity index (χ0) is 14.2. The lowest BCUT2D eigenvalue weighted by atomic mass is 10.0. The van der Waals surface area contributed by atoms with Crippen LogP contribution in [-0.2, 0) is 6.18 Å². The number of alkyl halides is 3. The number of rotatable bonds is 2. The smallest absolute Gasteiger partial charge is 0.383 e. The summed E-state index contributed by atoms with van der Waals surface area (Å²) in [6.45, 7) is 1.64. The molecule has 0 radical (unpaired) electrons. The van der Waals surface area contributed by atoms with Crippen LogP contribution < -0.4 is 5.73 Å². The predicted molar refractivity (Wildman–Crippen MR) is 74.6 cm³/mol. The van der Waals surface area contributed by atoms with E-state index in [0.29, 0.717) is 9.39 Å². The van der Waals surface area contributed by atoms with E-state index in [2.05, 4.69) is 5.10 Å². The Kier molecular flexibility index (Phi) is 3.75. The predicted octanol–water partition coefficient (Wildman–Crippen LogP) is 3.70. The Morgan fingerprint density at radius 1 is 1.32 bits per heavy atom. The molecule has 1 aromatic heterocycles. The maximum atomic E-state index is 13.0. The molecule has 0 saturated carbocycles. The van der Waals surface area contributed by atoms with Crippen LogP contribution in [0.1, 0.15) is 24.1 Å². The van der Waals surface area contributed by atoms with Gasteiger partial charge < -0.3 is 5.73 Å². The molecule has 1 heterocycles. The molecular weight excluding hydrogens is 370 g/mol. The van der Waals surface area contributed by atoms with Gasteiger partial charge in [0.2, 0.25) is 0 Å². The molecule has 1 unspecified atom stereocenters. The fourth-order valence-electron chi connectivity index (χ4n) is 1.91. The van der Waals surface area contributed by atoms with Crippen LogP contribution in [0.3, 0.4) is 0 Å². The summed E-state index contributed by atoms with van der Waals surface area (Å²) >= 11 is 1.99. The van der Waals surface area contributed by atoms with E-state index in [1.54, 1.807) is 13.0 Å². The van der Waals surface area contributed by atoms with Gasteiger partial charge in [0.25, 0.3) is 0 Å². The lowest BCUT2D eigenvalue weighted by molar-refractivity contribution is -0.138. The molecule has 0 fully saturated rings. The molecule has 0 amide bonds. The summed E-state index contributed by atoms with van der Waals surface area (Å²) in [7, 11) is 0. The second-order valence-corrected chi connectivity index (χ2v) is 5.25. The second-order valence-electron chi connectivity index (χ2n) is 4.08. The van der Waals surface area contributed by atoms with E-state index < -0.39 is 17.8 Å². The first-order chi connectivity index (χ1) is 8.82. The van der Waals surface area contributed by atoms with Gasteiger partial charge in [-0.3, -0.25) is 0 Å². The number of halogens is 4. The molecular formula is C12H11F3IN3. The summed E-state index contributed by atoms with van der Waals surface area (Å²) < 4.78 is 41.0. The van der Waals surface area contributed by atoms with Crippen molar-refractivity contribution in [3.05, 3.63) is 45.2 Å². The van der Waals surface area contributed by atoms with Gasteiger partial charge in [0.15, 0.2) is 0 Å². The second kappa shape index (κ2) is 5.03. The van der Waals surface area contributed by atoms with Crippen LogP contribution in [0.4, 0.5) is 19.0 Å². The van der Waals surface area contributed by atoms with Crippen LogP contribution in [0.2, 0.25) is 0 Å². The number of aromatic nitrogens is 2. The first kappa shape index (κ1) is 14.2. The molecule has 3 nitrogen and oxygen atoms in total. The summed E-state index contributed by atoms with van der Waals surface area (Å²) in [5.41, 5.74) is 5.31. The van der Waals surface area contributed by atoms with Crippen molar-refractivity contribution in [1.29, 1.82) is 0 Å². The monoisotopic (exact) mass is 381 g/mol. The third kappa shape index (κ3) is 2.70. The van der Waals surface area contributed by atoms with Gasteiger partial charge >= 0.3 is 6.18 Å². The van der Waals surface area contributed by atoms with Crippen LogP contribution in [-0.4, -0.2) is 9.78 Å². The van der Waals surface area contributed by atoms with E-state index in [1.807, 2.05) is 22.6 Å². The fourth-order valence-corrected chi connectivity index (χ4v) is 2.28. The molecule has 0 spiro atoms. The molecule has 0 aliphatic rings. The Balaban J connectivity index is 2.51. The highest BCUT2D eigenvalue weighted by Gasteiger charge is 2.34. The third-order valence-electron chi connectivity index (χ3n) is 2.87. The number of benzene rings is 1. The first-order valence-electron chi connectivity index (χ1n) is 5.47. The number of anilines is 1. The summed E-state index contributed by atoms with van der Waals surface area (Å²) in [6, 6.07) is 4.88. The van der Waals surface area contributed by atoms with Gasteiger partial charge in [-0.05, 0) is 41.1 Å². The van der Waals surface area contributed by atoms with E-state index in [9.17, 15) is 13.2 Å². The fraction of sp³-hybridized carbons (Fsp3) is 0.250. The van der Waals surface area contributed by atoms with Crippen LogP contribution in [0.15, 0.2) is 30.5 Å². The Hall–Kier alpha value is -1.25. The summed E-state index contributed by atoms with van der Waals surface area (Å²) in [4.78, 5) is 0. The third-order valence-corrected chi connectivity index (χ3v) is 3.70. The van der Waals surface area contributed by atoms with E-state index in [1.165, 1.54) is 23.0 Å². The summed E-state index contributed by atoms with van der Waals surface area (Å²) in [5.74, 6) is 0.366. The molecule has 0 aliphatic heterocycles. The normalized spacial score (nSPS) is 13.5. The van der Waals surface area contributed by atoms with Crippen LogP contribution in [0.5, 0.6) is 0 Å². The number of nitrogen functional groups attached to an aromatic ring is 1. The van der Waals surface area contributed by atoms with Gasteiger partial charge in [0, 0.05) is 0 Å². The van der Waals surface area contributed by atoms with Crippen molar-refractivity contribution in [3.63, 3.8) is 0 Å². The van der Waals surface area contributed by atoms with E-state index >= 15 is 0 Å². The molecule has 0 bridgehead atoms. The summed E-state index contributed by atoms with van der Waals surface area (Å²) in [5, 5.41) is 4.03. The van der Waals surface area contributed by atoms with E-state index in [0.717, 1.165) is 6.07 Å². The molecule has 19 heavy (non-hydrogen) atoms. The van der Waals surface area contributed by atoms with E-state index in [4.69, 9.17) is 5.73 Å². The number of nitrogens with two attached hydrogens (primary N) is 1. The minimum Gasteiger partial charge on any atom is -0.383 e. The van der Waals surface area contributed by atoms with Crippen molar-refractivity contribution >= 4 is 28.4 Å². The molecule has 2 aromatic rings. The lowest BCUT2D eigenvalue weighted by Crippen LogP contribution is -2.17. The molecule has 1 atom stereocenters. The topological polar surface area (TPSA) is 43.8 Å². The van der Waals surface area contributed by atoms with Gasteiger partial charge in [-0.25, -0.2) is 4.68 Å². The average molecular weight is 381 g/mol. The van der Waals surface area contributed by atoms with Crippen LogP contribution in [0.25, 0.3) is 0 Å². The molecule has 7 heteroatoms. The van der Waals surface area contributed by atoms with Gasteiger partial charge in [0.05, 0.1) is 21.4 Å². The highest BCUT2D eigenvalue weighted by molar-refractivity contribution is 14.1. The Labute approximate surface area is 121 Å². The highest BCUT2D eigenvalue weighted by Crippen LogP contribution is 2.36. The standard InChI is InChI=1S/C12H11F3IN3/c1-7(19-11(17)10(16)6-18-19)8-4-2-3-5-9(8)12(13,14)15/h2-7H,17H2,1H3. The van der Waals surface area contributed by atoms with Crippen molar-refractivity contribution in [2.45, 2.75) is 19.1 Å². The Morgan fingerprint density at radius 2 is 1.95 bits per heavy atom. The quantitative estimate of drug-likeness (QED) is 0.807. The Bertz CT molecular complexity index is 592. The highest BCUT2D eigenvalue weighted by atomic mass is 127. The average Bonchev–Trinajstić information content (AvgIpc) is 2.68.